The third kappa shape index (κ3) is 10.5. The summed E-state index contributed by atoms with van der Waals surface area (Å²) < 4.78 is 0.689. The van der Waals surface area contributed by atoms with Crippen LogP contribution in [0.15, 0.2) is 87.6 Å². The smallest absolute Gasteiger partial charge is 0.146 e. The first-order valence-electron chi connectivity index (χ1n) is 15.0. The number of pyridine rings is 2. The van der Waals surface area contributed by atoms with Gasteiger partial charge in [0, 0.05) is 35.3 Å². The van der Waals surface area contributed by atoms with Crippen molar-refractivity contribution < 1.29 is 10.2 Å². The minimum Gasteiger partial charge on any atom is -0.507 e. The molecule has 7 nitrogen and oxygen atoms in total. The molecule has 0 amide bonds. The number of benzene rings is 2. The van der Waals surface area contributed by atoms with E-state index in [2.05, 4.69) is 110 Å². The van der Waals surface area contributed by atoms with Gasteiger partial charge in [-0.15, -0.1) is 0 Å². The molecule has 3 N–H and O–H groups in total. The number of hydrazone groups is 1. The number of phenols is 2. The molecule has 4 rings (SSSR count). The maximum Gasteiger partial charge on any atom is 0.146 e. The second-order valence-electron chi connectivity index (χ2n) is 14.0. The van der Waals surface area contributed by atoms with Gasteiger partial charge in [0.1, 0.15) is 17.3 Å². The lowest BCUT2D eigenvalue weighted by atomic mass is 9.79. The predicted octanol–water partition coefficient (Wildman–Crippen LogP) is 9.29. The zero-order valence-electron chi connectivity index (χ0n) is 27.9. The fourth-order valence-electron chi connectivity index (χ4n) is 4.24. The molecule has 0 aliphatic heterocycles. The van der Waals surface area contributed by atoms with E-state index in [-0.39, 0.29) is 27.7 Å². The minimum atomic E-state index is -0.150. The van der Waals surface area contributed by atoms with E-state index in [0.29, 0.717) is 28.0 Å². The molecule has 0 saturated carbocycles. The molecule has 2 heterocycles. The van der Waals surface area contributed by atoms with Crippen LogP contribution in [0, 0.1) is 0 Å². The van der Waals surface area contributed by atoms with Crippen molar-refractivity contribution in [2.24, 2.45) is 10.1 Å². The molecule has 2 aromatic carbocycles. The lowest BCUT2D eigenvalue weighted by Crippen LogP contribution is -2.17. The molecule has 2 aromatic heterocycles. The number of anilines is 1. The molecule has 0 aliphatic carbocycles. The van der Waals surface area contributed by atoms with Gasteiger partial charge in [-0.2, -0.15) is 5.10 Å². The van der Waals surface area contributed by atoms with Crippen LogP contribution in [-0.2, 0) is 22.8 Å². The van der Waals surface area contributed by atoms with Gasteiger partial charge >= 0.3 is 0 Å². The summed E-state index contributed by atoms with van der Waals surface area (Å²) in [6.07, 6.45) is 6.80. The van der Waals surface area contributed by atoms with Crippen molar-refractivity contribution in [2.45, 2.75) is 85.1 Å². The van der Waals surface area contributed by atoms with Crippen molar-refractivity contribution in [3.05, 3.63) is 111 Å². The SMILES string of the molecule is CC(C)(C)c1cc(/C=N/Nc2ccccn2)c(O)c(C(C)(C)C)c1.CC(C)(C)c1cc(Br)c(O)c(C=NCc2ccccn2)c1. The van der Waals surface area contributed by atoms with Crippen LogP contribution in [0.3, 0.4) is 0 Å². The van der Waals surface area contributed by atoms with Crippen LogP contribution in [-0.4, -0.2) is 32.6 Å². The molecule has 0 radical (unpaired) electrons. The number of rotatable bonds is 6. The summed E-state index contributed by atoms with van der Waals surface area (Å²) >= 11 is 3.40. The van der Waals surface area contributed by atoms with Crippen LogP contribution in [0.1, 0.15) is 95.8 Å². The molecule has 0 aliphatic rings. The van der Waals surface area contributed by atoms with Gasteiger partial charge in [0.15, 0.2) is 0 Å². The number of aromatic hydroxyl groups is 2. The van der Waals surface area contributed by atoms with Crippen molar-refractivity contribution in [1.82, 2.24) is 9.97 Å². The van der Waals surface area contributed by atoms with E-state index in [4.69, 9.17) is 0 Å². The second kappa shape index (κ2) is 14.8. The Kier molecular flexibility index (Phi) is 11.7. The van der Waals surface area contributed by atoms with E-state index in [1.807, 2.05) is 54.6 Å². The number of halogens is 1. The van der Waals surface area contributed by atoms with Crippen molar-refractivity contribution in [2.75, 3.05) is 5.43 Å². The maximum atomic E-state index is 10.7. The summed E-state index contributed by atoms with van der Waals surface area (Å²) in [5, 5.41) is 25.0. The van der Waals surface area contributed by atoms with Gasteiger partial charge in [0.2, 0.25) is 0 Å². The van der Waals surface area contributed by atoms with Gasteiger partial charge in [-0.3, -0.25) is 15.4 Å². The summed E-state index contributed by atoms with van der Waals surface area (Å²) in [6, 6.07) is 19.3. The summed E-state index contributed by atoms with van der Waals surface area (Å²) in [5.74, 6) is 1.16. The molecule has 0 unspecified atom stereocenters. The summed E-state index contributed by atoms with van der Waals surface area (Å²) in [6.45, 7) is 19.7. The van der Waals surface area contributed by atoms with E-state index in [9.17, 15) is 10.2 Å². The first-order valence-corrected chi connectivity index (χ1v) is 15.8. The van der Waals surface area contributed by atoms with Crippen LogP contribution in [0.2, 0.25) is 0 Å². The summed E-state index contributed by atoms with van der Waals surface area (Å²) in [7, 11) is 0. The molecule has 238 valence electrons. The van der Waals surface area contributed by atoms with Crippen LogP contribution in [0.25, 0.3) is 0 Å². The monoisotopic (exact) mass is 671 g/mol. The first kappa shape index (κ1) is 35.4. The van der Waals surface area contributed by atoms with Gasteiger partial charge < -0.3 is 10.2 Å². The van der Waals surface area contributed by atoms with Gasteiger partial charge in [-0.25, -0.2) is 4.98 Å². The summed E-state index contributed by atoms with van der Waals surface area (Å²) in [5.41, 5.74) is 8.30. The number of phenolic OH excluding ortho intramolecular Hbond substituents is 2. The quantitative estimate of drug-likeness (QED) is 0.140. The van der Waals surface area contributed by atoms with E-state index in [1.165, 1.54) is 5.56 Å². The third-order valence-electron chi connectivity index (χ3n) is 7.03. The Labute approximate surface area is 276 Å². The summed E-state index contributed by atoms with van der Waals surface area (Å²) in [4.78, 5) is 12.7. The van der Waals surface area contributed by atoms with Crippen molar-refractivity contribution in [1.29, 1.82) is 0 Å². The minimum absolute atomic E-state index is 0.00922. The van der Waals surface area contributed by atoms with Gasteiger partial charge in [0.25, 0.3) is 0 Å². The second-order valence-corrected chi connectivity index (χ2v) is 14.8. The van der Waals surface area contributed by atoms with Crippen molar-refractivity contribution >= 4 is 34.2 Å². The Balaban J connectivity index is 0.000000248. The van der Waals surface area contributed by atoms with Crippen LogP contribution < -0.4 is 5.43 Å². The van der Waals surface area contributed by atoms with E-state index in [0.717, 1.165) is 16.8 Å². The highest BCUT2D eigenvalue weighted by atomic mass is 79.9. The fraction of sp³-hybridized carbons (Fsp3) is 0.351. The Morgan fingerprint density at radius 2 is 1.29 bits per heavy atom. The number of hydrogen-bond donors (Lipinski definition) is 3. The van der Waals surface area contributed by atoms with Crippen molar-refractivity contribution in [3.63, 3.8) is 0 Å². The fourth-order valence-corrected chi connectivity index (χ4v) is 4.71. The van der Waals surface area contributed by atoms with E-state index < -0.39 is 0 Å². The zero-order valence-corrected chi connectivity index (χ0v) is 29.4. The van der Waals surface area contributed by atoms with Gasteiger partial charge in [-0.05, 0) is 85.8 Å². The Hall–Kier alpha value is -4.04. The highest BCUT2D eigenvalue weighted by Crippen LogP contribution is 2.37. The molecule has 0 atom stereocenters. The number of aliphatic imine (C=N–C) groups is 1. The first-order chi connectivity index (χ1) is 21.0. The molecule has 8 heteroatoms. The Morgan fingerprint density at radius 3 is 1.82 bits per heavy atom. The molecule has 0 bridgehead atoms. The molecular weight excluding hydrogens is 626 g/mol. The Morgan fingerprint density at radius 1 is 0.711 bits per heavy atom. The Bertz CT molecular complexity index is 1620. The third-order valence-corrected chi connectivity index (χ3v) is 7.63. The van der Waals surface area contributed by atoms with Gasteiger partial charge in [0.05, 0.1) is 22.9 Å². The molecular formula is C37H46BrN5O2. The van der Waals surface area contributed by atoms with Crippen LogP contribution in [0.5, 0.6) is 11.5 Å². The lowest BCUT2D eigenvalue weighted by molar-refractivity contribution is 0.444. The number of nitrogens with zero attached hydrogens (tertiary/aromatic N) is 4. The molecule has 0 spiro atoms. The topological polar surface area (TPSA) is 103 Å². The largest absolute Gasteiger partial charge is 0.507 e. The average Bonchev–Trinajstić information content (AvgIpc) is 2.96. The standard InChI is InChI=1S/C20H27N3O.C17H19BrN2O/c1-19(2,3)15-11-14(18(24)16(12-15)20(4,5)6)13-22-23-17-9-7-8-10-21-17;1-17(2,3)13-8-12(16(21)15(18)9-13)10-19-11-14-6-4-5-7-20-14/h7-13,24H,1-6H3,(H,21,23);4-10,21H,11H2,1-3H3/b22-13+;. The molecule has 4 aromatic rings. The number of nitrogens with one attached hydrogen (secondary N) is 1. The zero-order chi connectivity index (χ0) is 33.4. The highest BCUT2D eigenvalue weighted by molar-refractivity contribution is 9.10. The van der Waals surface area contributed by atoms with E-state index >= 15 is 0 Å². The lowest BCUT2D eigenvalue weighted by Gasteiger charge is -2.26. The molecule has 0 fully saturated rings. The predicted molar refractivity (Wildman–Crippen MR) is 191 cm³/mol. The highest BCUT2D eigenvalue weighted by Gasteiger charge is 2.24. The number of aromatic nitrogens is 2. The number of hydrogen-bond acceptors (Lipinski definition) is 7. The van der Waals surface area contributed by atoms with Crippen LogP contribution in [0.4, 0.5) is 5.82 Å². The average molecular weight is 673 g/mol. The normalized spacial score (nSPS) is 12.3. The van der Waals surface area contributed by atoms with Crippen LogP contribution >= 0.6 is 15.9 Å². The van der Waals surface area contributed by atoms with Gasteiger partial charge in [-0.1, -0.05) is 80.5 Å². The van der Waals surface area contributed by atoms with Crippen molar-refractivity contribution in [3.8, 4) is 11.5 Å². The molecule has 0 saturated heterocycles. The van der Waals surface area contributed by atoms with E-state index in [1.54, 1.807) is 24.8 Å². The molecule has 45 heavy (non-hydrogen) atoms. The maximum absolute atomic E-state index is 10.7.